The Hall–Kier alpha value is -1.31. The largest absolute Gasteiger partial charge is 0.490 e. The fraction of sp³-hybridized carbons (Fsp3) is 0.500. The van der Waals surface area contributed by atoms with Crippen LogP contribution in [-0.2, 0) is 9.59 Å². The van der Waals surface area contributed by atoms with Crippen LogP contribution in [0.4, 0.5) is 13.2 Å². The van der Waals surface area contributed by atoms with Gasteiger partial charge in [0.2, 0.25) is 0 Å². The molecule has 0 aromatic carbocycles. The number of aliphatic carboxylic acids is 2. The minimum absolute atomic E-state index is 0. The predicted octanol–water partition coefficient (Wildman–Crippen LogP) is -0.100. The lowest BCUT2D eigenvalue weighted by molar-refractivity contribution is -0.192. The molecule has 0 aromatic heterocycles. The van der Waals surface area contributed by atoms with E-state index in [1.54, 1.807) is 0 Å². The summed E-state index contributed by atoms with van der Waals surface area (Å²) in [7, 11) is 0. The summed E-state index contributed by atoms with van der Waals surface area (Å²) in [6.45, 7) is 1.08. The van der Waals surface area contributed by atoms with Gasteiger partial charge >= 0.3 is 12.1 Å². The summed E-state index contributed by atoms with van der Waals surface area (Å²) in [5.74, 6) is -3.59. The first-order valence-electron chi connectivity index (χ1n) is 2.17. The van der Waals surface area contributed by atoms with E-state index in [2.05, 4.69) is 0 Å². The van der Waals surface area contributed by atoms with Gasteiger partial charge in [-0.1, -0.05) is 0 Å². The fourth-order valence-corrected chi connectivity index (χ4v) is 0. The normalized spacial score (nSPS) is 8.67. The Balaban J connectivity index is -0.000000142. The van der Waals surface area contributed by atoms with Crippen LogP contribution in [0.2, 0.25) is 0 Å². The van der Waals surface area contributed by atoms with Gasteiger partial charge in [0.15, 0.2) is 0 Å². The lowest BCUT2D eigenvalue weighted by atomic mass is 10.7. The van der Waals surface area contributed by atoms with Gasteiger partial charge in [-0.25, -0.2) is 4.79 Å². The summed E-state index contributed by atoms with van der Waals surface area (Å²) in [4.78, 5) is 17.9. The zero-order chi connectivity index (χ0) is 9.65. The minimum atomic E-state index is -5.08. The van der Waals surface area contributed by atoms with Crippen LogP contribution in [0.25, 0.3) is 0 Å². The quantitative estimate of drug-likeness (QED) is 0.558. The number of hydrogen-bond donors (Lipinski definition) is 2. The Labute approximate surface area is 64.7 Å². The van der Waals surface area contributed by atoms with E-state index < -0.39 is 18.1 Å². The van der Waals surface area contributed by atoms with Crippen molar-refractivity contribution in [2.75, 3.05) is 0 Å². The number of carboxylic acid groups (broad SMARTS) is 2. The average molecular weight is 192 g/mol. The Kier molecular flexibility index (Phi) is 9.06. The molecule has 5 nitrogen and oxygen atoms in total. The Morgan fingerprint density at radius 3 is 1.25 bits per heavy atom. The molecule has 0 fully saturated rings. The molecule has 74 valence electrons. The maximum Gasteiger partial charge on any atom is 0.490 e. The molecule has 0 unspecified atom stereocenters. The van der Waals surface area contributed by atoms with Gasteiger partial charge in [0.25, 0.3) is 5.97 Å². The molecule has 0 saturated carbocycles. The highest BCUT2D eigenvalue weighted by Gasteiger charge is 2.38. The molecule has 0 aliphatic carbocycles. The highest BCUT2D eigenvalue weighted by molar-refractivity contribution is 5.73. The monoisotopic (exact) mass is 192 g/mol. The SMILES string of the molecule is CC(=O)O.O.O=C(O)C(F)(F)F. The zero-order valence-electron chi connectivity index (χ0n) is 5.84. The molecule has 4 N–H and O–H groups in total. The van der Waals surface area contributed by atoms with Crippen molar-refractivity contribution >= 4 is 11.9 Å². The standard InChI is InChI=1S/C2HF3O2.C2H4O2.H2O/c3-2(4,5)1(6)7;1-2(3)4;/h(H,6,7);1H3,(H,3,4);1H2. The van der Waals surface area contributed by atoms with Crippen LogP contribution in [-0.4, -0.2) is 33.8 Å². The van der Waals surface area contributed by atoms with E-state index in [0.717, 1.165) is 6.92 Å². The van der Waals surface area contributed by atoms with Crippen LogP contribution < -0.4 is 0 Å². The van der Waals surface area contributed by atoms with E-state index in [1.807, 2.05) is 0 Å². The molecule has 0 atom stereocenters. The van der Waals surface area contributed by atoms with Crippen molar-refractivity contribution in [1.29, 1.82) is 0 Å². The van der Waals surface area contributed by atoms with Crippen molar-refractivity contribution in [1.82, 2.24) is 0 Å². The van der Waals surface area contributed by atoms with Crippen LogP contribution in [0.1, 0.15) is 6.92 Å². The topological polar surface area (TPSA) is 106 Å². The maximum atomic E-state index is 10.6. The molecule has 8 heteroatoms. The van der Waals surface area contributed by atoms with Crippen molar-refractivity contribution < 1.29 is 38.4 Å². The van der Waals surface area contributed by atoms with E-state index >= 15 is 0 Å². The Bertz CT molecular complexity index is 147. The van der Waals surface area contributed by atoms with Crippen molar-refractivity contribution in [2.24, 2.45) is 0 Å². The van der Waals surface area contributed by atoms with Gasteiger partial charge in [0.1, 0.15) is 0 Å². The van der Waals surface area contributed by atoms with Crippen LogP contribution in [0.3, 0.4) is 0 Å². The van der Waals surface area contributed by atoms with Crippen LogP contribution in [0.5, 0.6) is 0 Å². The second kappa shape index (κ2) is 6.40. The summed E-state index contributed by atoms with van der Waals surface area (Å²) in [5.41, 5.74) is 0. The first-order chi connectivity index (χ1) is 4.68. The number of halogens is 3. The summed E-state index contributed by atoms with van der Waals surface area (Å²) in [6, 6.07) is 0. The van der Waals surface area contributed by atoms with E-state index in [9.17, 15) is 13.2 Å². The molecular formula is C4H7F3O5. The van der Waals surface area contributed by atoms with E-state index in [0.29, 0.717) is 0 Å². The Morgan fingerprint density at radius 1 is 1.17 bits per heavy atom. The molecule has 0 saturated heterocycles. The van der Waals surface area contributed by atoms with Gasteiger partial charge in [-0.05, 0) is 0 Å². The third kappa shape index (κ3) is 23.4. The van der Waals surface area contributed by atoms with Gasteiger partial charge in [-0.2, -0.15) is 13.2 Å². The number of carbonyl (C=O) groups is 2. The minimum Gasteiger partial charge on any atom is -0.481 e. The highest BCUT2D eigenvalue weighted by atomic mass is 19.4. The lowest BCUT2D eigenvalue weighted by Crippen LogP contribution is -2.21. The number of carboxylic acids is 2. The molecule has 0 rings (SSSR count). The molecule has 0 amide bonds. The third-order valence-corrected chi connectivity index (χ3v) is 0.243. The molecule has 0 radical (unpaired) electrons. The molecule has 0 bridgehead atoms. The lowest BCUT2D eigenvalue weighted by Gasteiger charge is -1.93. The maximum absolute atomic E-state index is 10.6. The summed E-state index contributed by atoms with van der Waals surface area (Å²) in [6.07, 6.45) is -5.08. The first kappa shape index (κ1) is 17.0. The number of hydrogen-bond acceptors (Lipinski definition) is 2. The van der Waals surface area contributed by atoms with Gasteiger partial charge < -0.3 is 15.7 Å². The zero-order valence-corrected chi connectivity index (χ0v) is 5.84. The second-order valence-corrected chi connectivity index (χ2v) is 1.32. The van der Waals surface area contributed by atoms with Crippen molar-refractivity contribution in [3.63, 3.8) is 0 Å². The summed E-state index contributed by atoms with van der Waals surface area (Å²) < 4.78 is 31.7. The number of alkyl halides is 3. The smallest absolute Gasteiger partial charge is 0.481 e. The van der Waals surface area contributed by atoms with Crippen LogP contribution >= 0.6 is 0 Å². The average Bonchev–Trinajstić information content (AvgIpc) is 1.59. The summed E-state index contributed by atoms with van der Waals surface area (Å²) >= 11 is 0. The Morgan fingerprint density at radius 2 is 1.25 bits per heavy atom. The molecule has 12 heavy (non-hydrogen) atoms. The third-order valence-electron chi connectivity index (χ3n) is 0.243. The summed E-state index contributed by atoms with van der Waals surface area (Å²) in [5, 5.41) is 14.5. The van der Waals surface area contributed by atoms with Gasteiger partial charge in [0, 0.05) is 6.92 Å². The number of rotatable bonds is 0. The van der Waals surface area contributed by atoms with E-state index in [1.165, 1.54) is 0 Å². The molecular weight excluding hydrogens is 185 g/mol. The van der Waals surface area contributed by atoms with Gasteiger partial charge in [0.05, 0.1) is 0 Å². The first-order valence-corrected chi connectivity index (χ1v) is 2.17. The second-order valence-electron chi connectivity index (χ2n) is 1.32. The van der Waals surface area contributed by atoms with Crippen LogP contribution in [0, 0.1) is 0 Å². The van der Waals surface area contributed by atoms with Crippen molar-refractivity contribution in [2.45, 2.75) is 13.1 Å². The van der Waals surface area contributed by atoms with Crippen molar-refractivity contribution in [3.05, 3.63) is 0 Å². The van der Waals surface area contributed by atoms with Gasteiger partial charge in [-0.15, -0.1) is 0 Å². The van der Waals surface area contributed by atoms with E-state index in [4.69, 9.17) is 19.8 Å². The molecule has 0 aliphatic rings. The molecule has 0 aromatic rings. The molecule has 0 spiro atoms. The van der Waals surface area contributed by atoms with Gasteiger partial charge in [-0.3, -0.25) is 4.79 Å². The molecule has 0 heterocycles. The predicted molar refractivity (Wildman–Crippen MR) is 30.6 cm³/mol. The highest BCUT2D eigenvalue weighted by Crippen LogP contribution is 2.13. The molecule has 0 aliphatic heterocycles. The van der Waals surface area contributed by atoms with Crippen molar-refractivity contribution in [3.8, 4) is 0 Å². The fourth-order valence-electron chi connectivity index (χ4n) is 0. The van der Waals surface area contributed by atoms with Crippen LogP contribution in [0.15, 0.2) is 0 Å². The van der Waals surface area contributed by atoms with E-state index in [-0.39, 0.29) is 5.48 Å².